The Balaban J connectivity index is 0.760. The van der Waals surface area contributed by atoms with Crippen molar-refractivity contribution in [3.8, 4) is 0 Å². The number of rotatable bonds is 65. The van der Waals surface area contributed by atoms with Crippen LogP contribution in [0, 0.1) is 18.8 Å². The summed E-state index contributed by atoms with van der Waals surface area (Å²) in [6, 6.07) is 12.3. The smallest absolute Gasteiger partial charge is 0.369 e. The number of carbonyl (C=O) groups excluding carboxylic acids is 15. The molecule has 3 aliphatic rings. The molecule has 1 saturated heterocycles. The third kappa shape index (κ3) is 42.9. The zero-order chi connectivity index (χ0) is 99.5. The van der Waals surface area contributed by atoms with E-state index < -0.39 is 139 Å². The van der Waals surface area contributed by atoms with Gasteiger partial charge >= 0.3 is 27.2 Å². The van der Waals surface area contributed by atoms with Gasteiger partial charge in [0.2, 0.25) is 82.7 Å². The number of imide groups is 1. The first-order valence-electron chi connectivity index (χ1n) is 45.7. The highest BCUT2D eigenvalue weighted by molar-refractivity contribution is 8.00. The molecule has 2 unspecified atom stereocenters. The maximum Gasteiger partial charge on any atom is 0.369 e. The molecule has 1 aliphatic heterocycles. The summed E-state index contributed by atoms with van der Waals surface area (Å²) in [5.74, 6) is -8.80. The second-order valence-corrected chi connectivity index (χ2v) is 38.5. The minimum absolute atomic E-state index is 0.0202. The van der Waals surface area contributed by atoms with Crippen molar-refractivity contribution in [1.29, 1.82) is 0 Å². The number of carbonyl (C=O) groups is 16. The number of amides is 16. The third-order valence-electron chi connectivity index (χ3n) is 22.6. The van der Waals surface area contributed by atoms with E-state index in [1.807, 2.05) is 19.1 Å². The lowest BCUT2D eigenvalue weighted by Gasteiger charge is -2.38. The van der Waals surface area contributed by atoms with Crippen LogP contribution in [0.5, 0.6) is 0 Å². The number of hydrogen-bond donors (Lipinski definition) is 21. The topological polar surface area (TPSA) is 690 Å². The highest BCUT2D eigenvalue weighted by Crippen LogP contribution is 2.69. The Kier molecular flexibility index (Phi) is 50.9. The van der Waals surface area contributed by atoms with E-state index in [1.54, 1.807) is 67.0 Å². The van der Waals surface area contributed by atoms with Gasteiger partial charge in [-0.3, -0.25) is 90.9 Å². The zero-order valence-electron chi connectivity index (χ0n) is 76.5. The number of ether oxygens (including phenoxy) is 4. The summed E-state index contributed by atoms with van der Waals surface area (Å²) in [6.45, 7) is 3.76. The molecule has 0 bridgehead atoms. The van der Waals surface area contributed by atoms with Crippen molar-refractivity contribution < 1.29 is 135 Å². The summed E-state index contributed by atoms with van der Waals surface area (Å²) in [4.78, 5) is 250. The molecule has 3 fully saturated rings. The lowest BCUT2D eigenvalue weighted by Crippen LogP contribution is -2.63. The van der Waals surface area contributed by atoms with Crippen LogP contribution in [0.2, 0.25) is 0 Å². The third-order valence-corrected chi connectivity index (χ3v) is 27.8. The van der Waals surface area contributed by atoms with Crippen molar-refractivity contribution in [1.82, 2.24) is 68.4 Å². The van der Waals surface area contributed by atoms with Crippen LogP contribution in [0.25, 0.3) is 6.08 Å². The molecule has 2 aliphatic carbocycles. The largest absolute Gasteiger partial charge is 0.481 e. The van der Waals surface area contributed by atoms with Gasteiger partial charge in [0.15, 0.2) is 0 Å². The lowest BCUT2D eigenvalue weighted by molar-refractivity contribution is -0.140. The van der Waals surface area contributed by atoms with E-state index in [9.17, 15) is 116 Å². The van der Waals surface area contributed by atoms with Crippen molar-refractivity contribution in [2.24, 2.45) is 23.3 Å². The molecule has 16 amide bonds. The van der Waals surface area contributed by atoms with Crippen LogP contribution in [0.3, 0.4) is 0 Å². The fraction of sp³-hybridized carbons (Fsp3) is 0.602. The summed E-state index contributed by atoms with van der Waals surface area (Å²) in [7, 11) is -11.3. The maximum atomic E-state index is 14.4. The van der Waals surface area contributed by atoms with Crippen molar-refractivity contribution >= 4 is 139 Å². The summed E-state index contributed by atoms with van der Waals surface area (Å²) in [5, 5.41) is 50.7. The Morgan fingerprint density at radius 3 is 1.69 bits per heavy atom. The molecular weight excluding hydrogens is 1840 g/mol. The summed E-state index contributed by atoms with van der Waals surface area (Å²) in [5.41, 5.74) is 13.5. The van der Waals surface area contributed by atoms with Crippen LogP contribution in [-0.4, -0.2) is 285 Å². The molecule has 0 radical (unpaired) electrons. The second-order valence-electron chi connectivity index (χ2n) is 33.3. The SMILES string of the molecule is Cc1ccccc1NC(=O)Nc1ccc(CC(=O)NC(CCCCNC(=O)/C=C/c2cccnc2)C(=O)N[C@@H](CCCC(=O)O)C(=O)NC2(C(=O)NCCOCCOCCNC(=O)CCC(=O)NCCOCCOCCNC(=O)CCC(=O)N[C@@H](CCCCNC(=O)[C@H](N)CSC3CC(=O)N(CC4CCC(C(=O)NCCCC(O)(P(=O)(O)O)P(=O)(O)O)CC4)C3=O)C(N)=O)CCCCC2)cc1. The average Bonchev–Trinajstić information content (AvgIpc) is 0.914. The van der Waals surface area contributed by atoms with Gasteiger partial charge < -0.3 is 129 Å². The molecule has 1 aromatic heterocycles. The number of urea groups is 1. The number of nitrogens with two attached hydrogens (primary N) is 2. The monoisotopic (exact) mass is 1970 g/mol. The predicted octanol–water partition coefficient (Wildman–Crippen LogP) is 0.861. The Bertz CT molecular complexity index is 4540. The van der Waals surface area contributed by atoms with E-state index in [0.29, 0.717) is 81.1 Å². The highest BCUT2D eigenvalue weighted by Gasteiger charge is 2.59. The first-order valence-corrected chi connectivity index (χ1v) is 49.9. The molecule has 2 saturated carbocycles. The summed E-state index contributed by atoms with van der Waals surface area (Å²) in [6.07, 6.45) is 9.53. The number of carboxylic acid groups (broad SMARTS) is 1. The summed E-state index contributed by atoms with van der Waals surface area (Å²) < 4.78 is 45.4. The summed E-state index contributed by atoms with van der Waals surface area (Å²) >= 11 is 1.08. The molecule has 754 valence electrons. The minimum atomic E-state index is -5.63. The number of carboxylic acids is 1. The van der Waals surface area contributed by atoms with Crippen LogP contribution in [0.4, 0.5) is 16.2 Å². The number of pyridine rings is 1. The van der Waals surface area contributed by atoms with Gasteiger partial charge in [-0.2, -0.15) is 0 Å². The number of benzene rings is 2. The molecule has 48 heteroatoms. The molecule has 136 heavy (non-hydrogen) atoms. The van der Waals surface area contributed by atoms with Crippen molar-refractivity contribution in [3.63, 3.8) is 0 Å². The zero-order valence-corrected chi connectivity index (χ0v) is 79.2. The average molecular weight is 1970 g/mol. The van der Waals surface area contributed by atoms with Gasteiger partial charge in [0.25, 0.3) is 5.08 Å². The molecule has 5 atom stereocenters. The van der Waals surface area contributed by atoms with Crippen molar-refractivity contribution in [2.75, 3.05) is 122 Å². The number of aliphatic carboxylic acids is 1. The van der Waals surface area contributed by atoms with Crippen LogP contribution >= 0.6 is 27.0 Å². The van der Waals surface area contributed by atoms with Gasteiger partial charge in [0.1, 0.15) is 23.7 Å². The molecule has 6 rings (SSSR count). The molecule has 23 N–H and O–H groups in total. The number of unbranched alkanes of at least 4 members (excludes halogenated alkanes) is 2. The van der Waals surface area contributed by atoms with Crippen LogP contribution in [-0.2, 0) is 106 Å². The number of para-hydroxylation sites is 1. The van der Waals surface area contributed by atoms with E-state index in [4.69, 9.17) is 30.4 Å². The predicted molar refractivity (Wildman–Crippen MR) is 497 cm³/mol. The molecule has 3 aromatic rings. The van der Waals surface area contributed by atoms with E-state index in [2.05, 4.69) is 74.1 Å². The Labute approximate surface area is 792 Å². The number of nitrogens with one attached hydrogen (secondary N) is 13. The van der Waals surface area contributed by atoms with Crippen LogP contribution < -0.4 is 80.6 Å². The number of likely N-dealkylation sites (tertiary alicyclic amines) is 1. The van der Waals surface area contributed by atoms with E-state index in [-0.39, 0.29) is 230 Å². The van der Waals surface area contributed by atoms with Gasteiger partial charge in [-0.1, -0.05) is 55.7 Å². The first kappa shape index (κ1) is 114. The normalized spacial score (nSPS) is 16.4. The molecule has 2 heterocycles. The van der Waals surface area contributed by atoms with Crippen molar-refractivity contribution in [3.05, 3.63) is 95.8 Å². The van der Waals surface area contributed by atoms with Gasteiger partial charge in [-0.05, 0) is 156 Å². The van der Waals surface area contributed by atoms with Gasteiger partial charge in [-0.15, -0.1) is 11.8 Å². The Hall–Kier alpha value is -10.7. The minimum Gasteiger partial charge on any atom is -0.481 e. The number of nitrogens with zero attached hydrogens (tertiary/aromatic N) is 2. The maximum absolute atomic E-state index is 14.4. The fourth-order valence-corrected chi connectivity index (χ4v) is 18.3. The lowest BCUT2D eigenvalue weighted by atomic mass is 9.80. The second kappa shape index (κ2) is 60.8. The van der Waals surface area contributed by atoms with Gasteiger partial charge in [-0.25, -0.2) is 4.79 Å². The number of anilines is 2. The molecule has 45 nitrogen and oxygen atoms in total. The van der Waals surface area contributed by atoms with E-state index >= 15 is 0 Å². The number of aryl methyl sites for hydroxylation is 1. The van der Waals surface area contributed by atoms with Crippen LogP contribution in [0.1, 0.15) is 177 Å². The van der Waals surface area contributed by atoms with E-state index in [1.165, 1.54) is 11.0 Å². The van der Waals surface area contributed by atoms with E-state index in [0.717, 1.165) is 29.3 Å². The Morgan fingerprint density at radius 1 is 0.581 bits per heavy atom. The Morgan fingerprint density at radius 2 is 1.12 bits per heavy atom. The number of hydrogen-bond acceptors (Lipinski definition) is 26. The van der Waals surface area contributed by atoms with Crippen LogP contribution in [0.15, 0.2) is 79.1 Å². The van der Waals surface area contributed by atoms with Gasteiger partial charge in [0.05, 0.1) is 70.6 Å². The standard InChI is InChI=1S/C88H133N17O28P2S/c1-59-14-3-4-16-66(59)103-86(122)99-64-28-23-60(24-29-64)54-76(111)101-68(18-6-9-39-92-71(106)30-25-61-15-12-38-91-56-61)82(118)102-69(19-11-20-78(113)114)83(119)104-87(35-7-2-8-36-87)85(121)98-45-49-133-53-52-132-47-43-94-73(108)32-31-72(107)93-42-46-130-50-51-131-48-44-95-74(109)33-34-75(110)100-67(79(90)115)17-5-10-40-97-81(117)65(89)58-136-70-55-77(112)105(84(70)120)57-62-21-26-63(27-22-62)80(116)96-41-13-37-88(123,134(124,125)126)135(127,128)129/h3-4,12,14-16,23-25,28-30,38,56,62-63,65,67-70,123H,2,5-11,13,17-22,26-27,31-37,39-55,57-58,89H2,1H3,(H2,90,115)(H,92,106)(H,93,107)(H,94,108)(H,95,109)(H,96,116)(H,97,117)(H,98,121)(H,100,110)(H,101,111)(H,102,118)(H,104,119)(H,113,114)(H2,99,103,122)(H2,124,125,126)(H2,127,128,129)/b30-25+/t62?,63?,65-,67+,68?,69+,70?/m1/s1. The number of thioether (sulfide) groups is 1. The quantitative estimate of drug-likeness (QED) is 0.0161. The number of aliphatic hydroxyl groups is 1. The highest BCUT2D eigenvalue weighted by atomic mass is 32.2. The number of primary amides is 1. The number of aromatic nitrogens is 1. The molecular formula is C88H133N17O28P2S. The molecule has 2 aromatic carbocycles. The van der Waals surface area contributed by atoms with Crippen molar-refractivity contribution in [2.45, 2.75) is 214 Å². The molecule has 0 spiro atoms. The fourth-order valence-electron chi connectivity index (χ4n) is 14.9. The first-order chi connectivity index (χ1) is 64.8. The van der Waals surface area contributed by atoms with Gasteiger partial charge in [0, 0.05) is 139 Å².